The van der Waals surface area contributed by atoms with Crippen molar-refractivity contribution in [3.8, 4) is 0 Å². The molecule has 4 nitrogen and oxygen atoms in total. The molecule has 100 valence electrons. The zero-order chi connectivity index (χ0) is 12.8. The SMILES string of the molecule is O=CCCCCCCCCCCCNC(=O)O. The van der Waals surface area contributed by atoms with E-state index in [2.05, 4.69) is 5.32 Å². The van der Waals surface area contributed by atoms with Crippen LogP contribution in [0.1, 0.15) is 64.2 Å². The van der Waals surface area contributed by atoms with Crippen molar-refractivity contribution in [3.63, 3.8) is 0 Å². The molecule has 0 heterocycles. The molecule has 0 rings (SSSR count). The topological polar surface area (TPSA) is 66.4 Å². The highest BCUT2D eigenvalue weighted by molar-refractivity contribution is 5.64. The van der Waals surface area contributed by atoms with Gasteiger partial charge in [-0.1, -0.05) is 44.9 Å². The van der Waals surface area contributed by atoms with Crippen LogP contribution in [0.25, 0.3) is 0 Å². The van der Waals surface area contributed by atoms with E-state index in [9.17, 15) is 9.59 Å². The highest BCUT2D eigenvalue weighted by Crippen LogP contribution is 2.09. The molecular formula is C13H25NO3. The maximum absolute atomic E-state index is 10.1. The van der Waals surface area contributed by atoms with Gasteiger partial charge in [-0.25, -0.2) is 4.79 Å². The van der Waals surface area contributed by atoms with E-state index >= 15 is 0 Å². The molecule has 0 spiro atoms. The van der Waals surface area contributed by atoms with Gasteiger partial charge in [0.05, 0.1) is 0 Å². The van der Waals surface area contributed by atoms with Crippen LogP contribution >= 0.6 is 0 Å². The number of nitrogens with one attached hydrogen (secondary N) is 1. The molecule has 0 bridgehead atoms. The Balaban J connectivity index is 2.94. The summed E-state index contributed by atoms with van der Waals surface area (Å²) in [6, 6.07) is 0. The van der Waals surface area contributed by atoms with Gasteiger partial charge in [-0.05, 0) is 12.8 Å². The quantitative estimate of drug-likeness (QED) is 0.408. The average molecular weight is 243 g/mol. The second-order valence-electron chi connectivity index (χ2n) is 4.37. The van der Waals surface area contributed by atoms with Crippen LogP contribution < -0.4 is 5.32 Å². The number of carboxylic acid groups (broad SMARTS) is 1. The van der Waals surface area contributed by atoms with E-state index in [1.54, 1.807) is 0 Å². The molecule has 0 aromatic heterocycles. The minimum atomic E-state index is -0.930. The van der Waals surface area contributed by atoms with Crippen molar-refractivity contribution in [3.05, 3.63) is 0 Å². The van der Waals surface area contributed by atoms with Gasteiger partial charge in [0.2, 0.25) is 0 Å². The third-order valence-electron chi connectivity index (χ3n) is 2.77. The van der Waals surface area contributed by atoms with Crippen LogP contribution in [0.5, 0.6) is 0 Å². The first kappa shape index (κ1) is 15.9. The van der Waals surface area contributed by atoms with Gasteiger partial charge < -0.3 is 15.2 Å². The normalized spacial score (nSPS) is 10.1. The first-order chi connectivity index (χ1) is 8.27. The summed E-state index contributed by atoms with van der Waals surface area (Å²) in [7, 11) is 0. The molecule has 4 heteroatoms. The molecule has 0 fully saturated rings. The van der Waals surface area contributed by atoms with Gasteiger partial charge >= 0.3 is 6.09 Å². The van der Waals surface area contributed by atoms with Gasteiger partial charge in [0.1, 0.15) is 6.29 Å². The Morgan fingerprint density at radius 1 is 0.882 bits per heavy atom. The van der Waals surface area contributed by atoms with Crippen LogP contribution in [-0.4, -0.2) is 24.0 Å². The zero-order valence-electron chi connectivity index (χ0n) is 10.6. The van der Waals surface area contributed by atoms with Crippen LogP contribution in [0.15, 0.2) is 0 Å². The van der Waals surface area contributed by atoms with Crippen molar-refractivity contribution in [1.82, 2.24) is 5.32 Å². The lowest BCUT2D eigenvalue weighted by atomic mass is 10.1. The minimum absolute atomic E-state index is 0.570. The fraction of sp³-hybridized carbons (Fsp3) is 0.846. The summed E-state index contributed by atoms with van der Waals surface area (Å²) in [4.78, 5) is 20.2. The number of aldehydes is 1. The van der Waals surface area contributed by atoms with Crippen molar-refractivity contribution >= 4 is 12.4 Å². The molecule has 0 aromatic rings. The summed E-state index contributed by atoms with van der Waals surface area (Å²) in [6.07, 6.45) is 11.2. The van der Waals surface area contributed by atoms with Crippen LogP contribution in [0.2, 0.25) is 0 Å². The molecule has 0 atom stereocenters. The largest absolute Gasteiger partial charge is 0.465 e. The van der Waals surface area contributed by atoms with Gasteiger partial charge in [-0.15, -0.1) is 0 Å². The summed E-state index contributed by atoms with van der Waals surface area (Å²) in [5.41, 5.74) is 0. The molecule has 0 aliphatic heterocycles. The van der Waals surface area contributed by atoms with E-state index < -0.39 is 6.09 Å². The van der Waals surface area contributed by atoms with Gasteiger partial charge in [0, 0.05) is 13.0 Å². The van der Waals surface area contributed by atoms with E-state index in [-0.39, 0.29) is 0 Å². The van der Waals surface area contributed by atoms with Crippen molar-refractivity contribution in [2.24, 2.45) is 0 Å². The smallest absolute Gasteiger partial charge is 0.404 e. The molecular weight excluding hydrogens is 218 g/mol. The third kappa shape index (κ3) is 14.9. The van der Waals surface area contributed by atoms with Crippen LogP contribution in [-0.2, 0) is 4.79 Å². The van der Waals surface area contributed by atoms with Crippen molar-refractivity contribution in [2.75, 3.05) is 6.54 Å². The summed E-state index contributed by atoms with van der Waals surface area (Å²) < 4.78 is 0. The molecule has 0 unspecified atom stereocenters. The lowest BCUT2D eigenvalue weighted by Gasteiger charge is -2.02. The summed E-state index contributed by atoms with van der Waals surface area (Å²) in [5, 5.41) is 10.7. The fourth-order valence-electron chi connectivity index (χ4n) is 1.79. The minimum Gasteiger partial charge on any atom is -0.465 e. The zero-order valence-corrected chi connectivity index (χ0v) is 10.6. The first-order valence-corrected chi connectivity index (χ1v) is 6.68. The molecule has 0 aromatic carbocycles. The average Bonchev–Trinajstić information content (AvgIpc) is 2.30. The number of hydrogen-bond acceptors (Lipinski definition) is 2. The number of unbranched alkanes of at least 4 members (excludes halogenated alkanes) is 9. The Morgan fingerprint density at radius 3 is 1.82 bits per heavy atom. The van der Waals surface area contributed by atoms with Crippen LogP contribution in [0, 0.1) is 0 Å². The lowest BCUT2D eigenvalue weighted by Crippen LogP contribution is -2.21. The molecule has 2 N–H and O–H groups in total. The maximum atomic E-state index is 10.1. The number of carbonyl (C=O) groups is 2. The van der Waals surface area contributed by atoms with Gasteiger partial charge in [-0.2, -0.15) is 0 Å². The van der Waals surface area contributed by atoms with Gasteiger partial charge in [0.15, 0.2) is 0 Å². The molecule has 17 heavy (non-hydrogen) atoms. The monoisotopic (exact) mass is 243 g/mol. The van der Waals surface area contributed by atoms with E-state index in [0.717, 1.165) is 25.5 Å². The summed E-state index contributed by atoms with van der Waals surface area (Å²) >= 11 is 0. The number of rotatable bonds is 12. The van der Waals surface area contributed by atoms with E-state index in [4.69, 9.17) is 5.11 Å². The lowest BCUT2D eigenvalue weighted by molar-refractivity contribution is -0.107. The predicted octanol–water partition coefficient (Wildman–Crippen LogP) is 3.35. The van der Waals surface area contributed by atoms with E-state index in [0.29, 0.717) is 13.0 Å². The Bertz CT molecular complexity index is 195. The van der Waals surface area contributed by atoms with Crippen molar-refractivity contribution in [2.45, 2.75) is 64.2 Å². The molecule has 1 amide bonds. The second kappa shape index (κ2) is 13.0. The van der Waals surface area contributed by atoms with Crippen molar-refractivity contribution in [1.29, 1.82) is 0 Å². The maximum Gasteiger partial charge on any atom is 0.404 e. The van der Waals surface area contributed by atoms with Crippen molar-refractivity contribution < 1.29 is 14.7 Å². The van der Waals surface area contributed by atoms with Crippen LogP contribution in [0.4, 0.5) is 4.79 Å². The summed E-state index contributed by atoms with van der Waals surface area (Å²) in [5.74, 6) is 0. The third-order valence-corrected chi connectivity index (χ3v) is 2.77. The fourth-order valence-corrected chi connectivity index (χ4v) is 1.79. The second-order valence-corrected chi connectivity index (χ2v) is 4.37. The molecule has 0 saturated heterocycles. The Labute approximate surface area is 104 Å². The molecule has 0 radical (unpaired) electrons. The molecule has 0 aliphatic rings. The number of amides is 1. The number of carbonyl (C=O) groups excluding carboxylic acids is 1. The van der Waals surface area contributed by atoms with Crippen LogP contribution in [0.3, 0.4) is 0 Å². The summed E-state index contributed by atoms with van der Waals surface area (Å²) in [6.45, 7) is 0.570. The van der Waals surface area contributed by atoms with E-state index in [1.165, 1.54) is 38.5 Å². The van der Waals surface area contributed by atoms with E-state index in [1.807, 2.05) is 0 Å². The Morgan fingerprint density at radius 2 is 1.35 bits per heavy atom. The standard InChI is InChI=1S/C13H25NO3/c15-12-10-8-6-4-2-1-3-5-7-9-11-14-13(16)17/h12,14H,1-11H2,(H,16,17). The highest BCUT2D eigenvalue weighted by atomic mass is 16.4. The number of hydrogen-bond donors (Lipinski definition) is 2. The Hall–Kier alpha value is -1.06. The van der Waals surface area contributed by atoms with Gasteiger partial charge in [-0.3, -0.25) is 0 Å². The molecule has 0 aliphatic carbocycles. The first-order valence-electron chi connectivity index (χ1n) is 6.68. The van der Waals surface area contributed by atoms with Gasteiger partial charge in [0.25, 0.3) is 0 Å². The molecule has 0 saturated carbocycles. The Kier molecular flexibility index (Phi) is 12.2. The predicted molar refractivity (Wildman–Crippen MR) is 68.3 cm³/mol. The highest BCUT2D eigenvalue weighted by Gasteiger charge is 1.94.